The van der Waals surface area contributed by atoms with Gasteiger partial charge in [-0.2, -0.15) is 0 Å². The number of aryl methyl sites for hydroxylation is 2. The van der Waals surface area contributed by atoms with E-state index in [2.05, 4.69) is 15.4 Å². The number of rotatable bonds is 5. The summed E-state index contributed by atoms with van der Waals surface area (Å²) < 4.78 is 35.0. The van der Waals surface area contributed by atoms with Gasteiger partial charge in [0.1, 0.15) is 10.6 Å². The lowest BCUT2D eigenvalue weighted by molar-refractivity contribution is 0.402. The van der Waals surface area contributed by atoms with Crippen LogP contribution in [0.25, 0.3) is 10.9 Å². The Hall–Kier alpha value is -2.02. The zero-order chi connectivity index (χ0) is 18.2. The highest BCUT2D eigenvalue weighted by Crippen LogP contribution is 2.27. The van der Waals surface area contributed by atoms with Crippen LogP contribution in [-0.2, 0) is 23.6 Å². The molecule has 3 aromatic rings. The Labute approximate surface area is 152 Å². The van der Waals surface area contributed by atoms with Crippen LogP contribution in [0.4, 0.5) is 0 Å². The van der Waals surface area contributed by atoms with Gasteiger partial charge in [0.2, 0.25) is 10.0 Å². The largest absolute Gasteiger partial charge is 0.495 e. The average molecular weight is 379 g/mol. The lowest BCUT2D eigenvalue weighted by Crippen LogP contribution is -2.23. The van der Waals surface area contributed by atoms with Crippen LogP contribution in [0.5, 0.6) is 5.75 Å². The van der Waals surface area contributed by atoms with E-state index in [1.807, 2.05) is 32.2 Å². The van der Waals surface area contributed by atoms with E-state index in [9.17, 15) is 8.42 Å². The zero-order valence-electron chi connectivity index (χ0n) is 14.2. The SMILES string of the molecule is COc1ccc(Cl)cc1S(=O)(=O)NCc1ccc2c(c1)cc(C)n2C. The van der Waals surface area contributed by atoms with Crippen LogP contribution >= 0.6 is 11.6 Å². The number of methoxy groups -OCH3 is 1. The molecule has 0 fully saturated rings. The van der Waals surface area contributed by atoms with Gasteiger partial charge in [-0.05, 0) is 48.9 Å². The van der Waals surface area contributed by atoms with Gasteiger partial charge in [-0.1, -0.05) is 17.7 Å². The normalized spacial score (nSPS) is 11.8. The number of hydrogen-bond donors (Lipinski definition) is 1. The monoisotopic (exact) mass is 378 g/mol. The molecule has 1 aromatic heterocycles. The number of nitrogens with zero attached hydrogens (tertiary/aromatic N) is 1. The quantitative estimate of drug-likeness (QED) is 0.737. The van der Waals surface area contributed by atoms with Crippen molar-refractivity contribution in [2.45, 2.75) is 18.4 Å². The predicted molar refractivity (Wildman–Crippen MR) is 99.7 cm³/mol. The molecule has 0 bridgehead atoms. The molecule has 0 aliphatic rings. The number of fused-ring (bicyclic) bond motifs is 1. The first-order valence-corrected chi connectivity index (χ1v) is 9.56. The van der Waals surface area contributed by atoms with Crippen molar-refractivity contribution >= 4 is 32.5 Å². The molecule has 5 nitrogen and oxygen atoms in total. The summed E-state index contributed by atoms with van der Waals surface area (Å²) in [5.74, 6) is 0.256. The van der Waals surface area contributed by atoms with Crippen molar-refractivity contribution in [3.8, 4) is 5.75 Å². The third-order valence-corrected chi connectivity index (χ3v) is 5.89. The molecule has 0 amide bonds. The summed E-state index contributed by atoms with van der Waals surface area (Å²) in [6.45, 7) is 2.22. The lowest BCUT2D eigenvalue weighted by atomic mass is 10.1. The maximum absolute atomic E-state index is 12.6. The number of hydrogen-bond acceptors (Lipinski definition) is 3. The van der Waals surface area contributed by atoms with Crippen LogP contribution < -0.4 is 9.46 Å². The van der Waals surface area contributed by atoms with Gasteiger partial charge in [0, 0.05) is 35.2 Å². The van der Waals surface area contributed by atoms with Crippen LogP contribution in [-0.4, -0.2) is 20.1 Å². The zero-order valence-corrected chi connectivity index (χ0v) is 15.8. The molecule has 7 heteroatoms. The minimum absolute atomic E-state index is 0.0270. The number of halogens is 1. The van der Waals surface area contributed by atoms with Crippen molar-refractivity contribution in [1.82, 2.24) is 9.29 Å². The Balaban J connectivity index is 1.86. The van der Waals surface area contributed by atoms with Crippen molar-refractivity contribution in [2.75, 3.05) is 7.11 Å². The van der Waals surface area contributed by atoms with Gasteiger partial charge < -0.3 is 9.30 Å². The van der Waals surface area contributed by atoms with Gasteiger partial charge in [0.05, 0.1) is 7.11 Å². The third kappa shape index (κ3) is 3.51. The van der Waals surface area contributed by atoms with Crippen molar-refractivity contribution in [3.63, 3.8) is 0 Å². The molecule has 0 aliphatic carbocycles. The predicted octanol–water partition coefficient (Wildman–Crippen LogP) is 3.63. The highest BCUT2D eigenvalue weighted by Gasteiger charge is 2.20. The van der Waals surface area contributed by atoms with Gasteiger partial charge in [-0.15, -0.1) is 0 Å². The van der Waals surface area contributed by atoms with Gasteiger partial charge in [0.25, 0.3) is 0 Å². The second-order valence-electron chi connectivity index (χ2n) is 5.86. The summed E-state index contributed by atoms with van der Waals surface area (Å²) in [4.78, 5) is 0.0270. The summed E-state index contributed by atoms with van der Waals surface area (Å²) in [6.07, 6.45) is 0. The summed E-state index contributed by atoms with van der Waals surface area (Å²) in [5, 5.41) is 1.42. The topological polar surface area (TPSA) is 60.3 Å². The highest BCUT2D eigenvalue weighted by molar-refractivity contribution is 7.89. The minimum Gasteiger partial charge on any atom is -0.495 e. The second-order valence-corrected chi connectivity index (χ2v) is 8.03. The highest BCUT2D eigenvalue weighted by atomic mass is 35.5. The number of ether oxygens (including phenoxy) is 1. The fraction of sp³-hybridized carbons (Fsp3) is 0.222. The molecule has 0 saturated heterocycles. The lowest BCUT2D eigenvalue weighted by Gasteiger charge is -2.11. The van der Waals surface area contributed by atoms with Gasteiger partial charge >= 0.3 is 0 Å². The van der Waals surface area contributed by atoms with Gasteiger partial charge in [-0.25, -0.2) is 13.1 Å². The third-order valence-electron chi connectivity index (χ3n) is 4.23. The Morgan fingerprint density at radius 2 is 1.92 bits per heavy atom. The molecular formula is C18H19ClN2O3S. The maximum atomic E-state index is 12.6. The molecule has 0 atom stereocenters. The van der Waals surface area contributed by atoms with Gasteiger partial charge in [0.15, 0.2) is 0 Å². The van der Waals surface area contributed by atoms with E-state index in [1.165, 1.54) is 19.2 Å². The van der Waals surface area contributed by atoms with E-state index in [-0.39, 0.29) is 17.2 Å². The van der Waals surface area contributed by atoms with Crippen molar-refractivity contribution < 1.29 is 13.2 Å². The van der Waals surface area contributed by atoms with Crippen LogP contribution in [0, 0.1) is 6.92 Å². The number of sulfonamides is 1. The fourth-order valence-electron chi connectivity index (χ4n) is 2.76. The summed E-state index contributed by atoms with van der Waals surface area (Å²) in [7, 11) is -0.315. The minimum atomic E-state index is -3.74. The molecule has 1 N–H and O–H groups in total. The average Bonchev–Trinajstić information content (AvgIpc) is 2.87. The molecule has 0 saturated carbocycles. The van der Waals surface area contributed by atoms with E-state index in [0.717, 1.165) is 22.2 Å². The smallest absolute Gasteiger partial charge is 0.244 e. The van der Waals surface area contributed by atoms with E-state index in [1.54, 1.807) is 6.07 Å². The molecule has 1 heterocycles. The van der Waals surface area contributed by atoms with Crippen molar-refractivity contribution in [2.24, 2.45) is 7.05 Å². The molecule has 3 rings (SSSR count). The molecule has 0 spiro atoms. The molecule has 0 unspecified atom stereocenters. The first kappa shape index (κ1) is 17.8. The Kier molecular flexibility index (Phi) is 4.77. The first-order chi connectivity index (χ1) is 11.8. The fourth-order valence-corrected chi connectivity index (χ4v) is 4.21. The van der Waals surface area contributed by atoms with E-state index >= 15 is 0 Å². The van der Waals surface area contributed by atoms with Crippen molar-refractivity contribution in [3.05, 3.63) is 58.7 Å². The van der Waals surface area contributed by atoms with Crippen molar-refractivity contribution in [1.29, 1.82) is 0 Å². The van der Waals surface area contributed by atoms with Crippen LogP contribution in [0.2, 0.25) is 5.02 Å². The number of aromatic nitrogens is 1. The summed E-state index contributed by atoms with van der Waals surface area (Å²) >= 11 is 5.93. The summed E-state index contributed by atoms with van der Waals surface area (Å²) in [5.41, 5.74) is 3.14. The van der Waals surface area contributed by atoms with E-state index in [0.29, 0.717) is 5.02 Å². The number of benzene rings is 2. The number of nitrogens with one attached hydrogen (secondary N) is 1. The Morgan fingerprint density at radius 1 is 1.16 bits per heavy atom. The second kappa shape index (κ2) is 6.71. The van der Waals surface area contributed by atoms with E-state index < -0.39 is 10.0 Å². The van der Waals surface area contributed by atoms with Crippen LogP contribution in [0.3, 0.4) is 0 Å². The molecule has 25 heavy (non-hydrogen) atoms. The molecule has 0 aliphatic heterocycles. The van der Waals surface area contributed by atoms with Crippen LogP contribution in [0.15, 0.2) is 47.4 Å². The molecular weight excluding hydrogens is 360 g/mol. The first-order valence-electron chi connectivity index (χ1n) is 7.70. The molecule has 0 radical (unpaired) electrons. The Morgan fingerprint density at radius 3 is 2.64 bits per heavy atom. The van der Waals surface area contributed by atoms with E-state index in [4.69, 9.17) is 16.3 Å². The summed E-state index contributed by atoms with van der Waals surface area (Å²) in [6, 6.07) is 12.5. The molecule has 2 aromatic carbocycles. The van der Waals surface area contributed by atoms with Gasteiger partial charge in [-0.3, -0.25) is 0 Å². The van der Waals surface area contributed by atoms with Crippen LogP contribution in [0.1, 0.15) is 11.3 Å². The molecule has 132 valence electrons. The standard InChI is InChI=1S/C18H19ClN2O3S/c1-12-8-14-9-13(4-6-16(14)21(12)2)11-20-25(22,23)18-10-15(19)5-7-17(18)24-3/h4-10,20H,11H2,1-3H3. The maximum Gasteiger partial charge on any atom is 0.244 e. The Bertz CT molecular complexity index is 1040.